The van der Waals surface area contributed by atoms with Crippen LogP contribution in [0.5, 0.6) is 0 Å². The van der Waals surface area contributed by atoms with E-state index in [1.165, 1.54) is 5.32 Å². The van der Waals surface area contributed by atoms with E-state index in [4.69, 9.17) is 5.11 Å². The van der Waals surface area contributed by atoms with Crippen molar-refractivity contribution in [2.45, 2.75) is 12.4 Å². The van der Waals surface area contributed by atoms with Gasteiger partial charge in [0, 0.05) is 6.20 Å². The van der Waals surface area contributed by atoms with Crippen molar-refractivity contribution < 1.29 is 50.6 Å². The Morgan fingerprint density at radius 1 is 1.08 bits per heavy atom. The Bertz CT molecular complexity index is 614. The zero-order chi connectivity index (χ0) is 19.1. The SMILES string of the molecule is COC(=O)C(F)(F)F.O=C(O)c1cncc(NC(=O)C(F)(F)F)c1. The maximum atomic E-state index is 11.8. The fraction of sp³-hybridized carbons (Fsp3) is 0.273. The van der Waals surface area contributed by atoms with Crippen molar-refractivity contribution in [2.24, 2.45) is 0 Å². The lowest BCUT2D eigenvalue weighted by molar-refractivity contribution is -0.196. The molecule has 0 fully saturated rings. The topological polar surface area (TPSA) is 106 Å². The fourth-order valence-corrected chi connectivity index (χ4v) is 0.943. The number of anilines is 1. The number of aromatic nitrogens is 1. The highest BCUT2D eigenvalue weighted by atomic mass is 19.4. The van der Waals surface area contributed by atoms with E-state index in [-0.39, 0.29) is 11.3 Å². The number of nitrogens with one attached hydrogen (secondary N) is 1. The molecule has 24 heavy (non-hydrogen) atoms. The van der Waals surface area contributed by atoms with Gasteiger partial charge in [0.1, 0.15) is 0 Å². The molecular weight excluding hydrogens is 354 g/mol. The summed E-state index contributed by atoms with van der Waals surface area (Å²) in [7, 11) is 0.676. The number of carboxylic acid groups (broad SMARTS) is 1. The predicted octanol–water partition coefficient (Wildman–Crippen LogP) is 2.00. The van der Waals surface area contributed by atoms with Gasteiger partial charge in [-0.3, -0.25) is 9.78 Å². The Labute approximate surface area is 129 Å². The molecular formula is C11H8F6N2O5. The number of nitrogens with zero attached hydrogens (tertiary/aromatic N) is 1. The van der Waals surface area contributed by atoms with Crippen molar-refractivity contribution in [3.05, 3.63) is 24.0 Å². The minimum absolute atomic E-state index is 0.319. The molecule has 0 saturated carbocycles. The van der Waals surface area contributed by atoms with Crippen LogP contribution in [0.3, 0.4) is 0 Å². The van der Waals surface area contributed by atoms with E-state index in [1.54, 1.807) is 0 Å². The molecule has 1 amide bonds. The number of pyridine rings is 1. The van der Waals surface area contributed by atoms with E-state index in [2.05, 4.69) is 9.72 Å². The van der Waals surface area contributed by atoms with Gasteiger partial charge in [-0.15, -0.1) is 0 Å². The molecule has 13 heteroatoms. The van der Waals surface area contributed by atoms with E-state index in [0.29, 0.717) is 7.11 Å². The molecule has 7 nitrogen and oxygen atoms in total. The fourth-order valence-electron chi connectivity index (χ4n) is 0.943. The van der Waals surface area contributed by atoms with Gasteiger partial charge in [-0.25, -0.2) is 9.59 Å². The Hall–Kier alpha value is -2.86. The lowest BCUT2D eigenvalue weighted by atomic mass is 10.2. The number of halogens is 6. The van der Waals surface area contributed by atoms with Gasteiger partial charge in [0.05, 0.1) is 24.6 Å². The zero-order valence-corrected chi connectivity index (χ0v) is 11.5. The quantitative estimate of drug-likeness (QED) is 0.616. The summed E-state index contributed by atoms with van der Waals surface area (Å²) in [6.45, 7) is 0. The molecule has 1 heterocycles. The Kier molecular flexibility index (Phi) is 7.15. The van der Waals surface area contributed by atoms with E-state index in [9.17, 15) is 40.7 Å². The number of carbonyl (C=O) groups excluding carboxylic acids is 2. The zero-order valence-electron chi connectivity index (χ0n) is 11.5. The highest BCUT2D eigenvalue weighted by Gasteiger charge is 2.40. The van der Waals surface area contributed by atoms with Gasteiger partial charge in [0.15, 0.2) is 0 Å². The molecule has 0 bridgehead atoms. The summed E-state index contributed by atoms with van der Waals surface area (Å²) >= 11 is 0. The first-order valence-corrected chi connectivity index (χ1v) is 5.50. The molecule has 1 aromatic rings. The van der Waals surface area contributed by atoms with Crippen molar-refractivity contribution in [3.8, 4) is 0 Å². The molecule has 134 valence electrons. The Morgan fingerprint density at radius 2 is 1.62 bits per heavy atom. The van der Waals surface area contributed by atoms with Crippen molar-refractivity contribution in [1.82, 2.24) is 4.98 Å². The Morgan fingerprint density at radius 3 is 1.96 bits per heavy atom. The van der Waals surface area contributed by atoms with Crippen LogP contribution in [0, 0.1) is 0 Å². The summed E-state index contributed by atoms with van der Waals surface area (Å²) in [5, 5.41) is 10.0. The second kappa shape index (κ2) is 8.12. The second-order valence-corrected chi connectivity index (χ2v) is 3.71. The predicted molar refractivity (Wildman–Crippen MR) is 64.0 cm³/mol. The molecule has 1 rings (SSSR count). The third kappa shape index (κ3) is 7.42. The number of methoxy groups -OCH3 is 1. The summed E-state index contributed by atoms with van der Waals surface area (Å²) in [4.78, 5) is 33.8. The van der Waals surface area contributed by atoms with Crippen LogP contribution in [0.25, 0.3) is 0 Å². The number of ether oxygens (including phenoxy) is 1. The molecule has 0 unspecified atom stereocenters. The Balaban J connectivity index is 0.000000561. The maximum absolute atomic E-state index is 11.8. The van der Waals surface area contributed by atoms with Crippen LogP contribution in [0.1, 0.15) is 10.4 Å². The number of rotatable bonds is 2. The van der Waals surface area contributed by atoms with Crippen LogP contribution in [0.15, 0.2) is 18.5 Å². The van der Waals surface area contributed by atoms with Crippen LogP contribution in [-0.2, 0) is 14.3 Å². The normalized spacial score (nSPS) is 11.0. The standard InChI is InChI=1S/C8H5F3N2O3.C3H3F3O2/c9-8(10,11)7(16)13-5-1-4(6(14)15)2-12-3-5;1-8-2(7)3(4,5)6/h1-3H,(H,13,16)(H,14,15);1H3. The number of hydrogen-bond acceptors (Lipinski definition) is 5. The molecule has 1 aromatic heterocycles. The highest BCUT2D eigenvalue weighted by molar-refractivity contribution is 5.96. The van der Waals surface area contributed by atoms with Crippen molar-refractivity contribution in [1.29, 1.82) is 0 Å². The first kappa shape index (κ1) is 21.1. The molecule has 0 aliphatic carbocycles. The molecule has 0 radical (unpaired) electrons. The highest BCUT2D eigenvalue weighted by Crippen LogP contribution is 2.18. The van der Waals surface area contributed by atoms with Gasteiger partial charge in [0.2, 0.25) is 0 Å². The van der Waals surface area contributed by atoms with Crippen molar-refractivity contribution >= 4 is 23.5 Å². The number of hydrogen-bond donors (Lipinski definition) is 2. The molecule has 0 aliphatic heterocycles. The third-order valence-electron chi connectivity index (χ3n) is 1.92. The smallest absolute Gasteiger partial charge is 0.478 e. The molecule has 2 N–H and O–H groups in total. The van der Waals surface area contributed by atoms with Gasteiger partial charge in [0.25, 0.3) is 0 Å². The lowest BCUT2D eigenvalue weighted by Crippen LogP contribution is -2.30. The molecule has 0 spiro atoms. The molecule has 0 saturated heterocycles. The van der Waals surface area contributed by atoms with Gasteiger partial charge in [-0.05, 0) is 6.07 Å². The maximum Gasteiger partial charge on any atom is 0.490 e. The third-order valence-corrected chi connectivity index (χ3v) is 1.92. The van der Waals surface area contributed by atoms with E-state index < -0.39 is 30.2 Å². The first-order chi connectivity index (χ1) is 10.8. The number of alkyl halides is 6. The first-order valence-electron chi connectivity index (χ1n) is 5.50. The number of esters is 1. The van der Waals surface area contributed by atoms with Crippen LogP contribution in [0.2, 0.25) is 0 Å². The minimum Gasteiger partial charge on any atom is -0.478 e. The summed E-state index contributed by atoms with van der Waals surface area (Å²) in [6.07, 6.45) is -8.02. The number of carbonyl (C=O) groups is 3. The monoisotopic (exact) mass is 362 g/mol. The van der Waals surface area contributed by atoms with Crippen molar-refractivity contribution in [2.75, 3.05) is 12.4 Å². The van der Waals surface area contributed by atoms with Gasteiger partial charge < -0.3 is 15.2 Å². The van der Waals surface area contributed by atoms with Crippen LogP contribution >= 0.6 is 0 Å². The lowest BCUT2D eigenvalue weighted by Gasteiger charge is -2.07. The summed E-state index contributed by atoms with van der Waals surface area (Å²) in [6, 6.07) is 0.874. The second-order valence-electron chi connectivity index (χ2n) is 3.71. The molecule has 0 atom stereocenters. The average molecular weight is 362 g/mol. The van der Waals surface area contributed by atoms with Crippen LogP contribution < -0.4 is 5.32 Å². The van der Waals surface area contributed by atoms with Crippen LogP contribution in [-0.4, -0.2) is 47.4 Å². The number of amides is 1. The van der Waals surface area contributed by atoms with Crippen LogP contribution in [0.4, 0.5) is 32.0 Å². The van der Waals surface area contributed by atoms with E-state index in [0.717, 1.165) is 18.5 Å². The summed E-state index contributed by atoms with van der Waals surface area (Å²) in [5.74, 6) is -5.70. The van der Waals surface area contributed by atoms with Gasteiger partial charge in [-0.1, -0.05) is 0 Å². The largest absolute Gasteiger partial charge is 0.490 e. The van der Waals surface area contributed by atoms with Gasteiger partial charge >= 0.3 is 30.2 Å². The number of aromatic carboxylic acids is 1. The molecule has 0 aliphatic rings. The van der Waals surface area contributed by atoms with E-state index in [1.807, 2.05) is 0 Å². The number of carboxylic acids is 1. The van der Waals surface area contributed by atoms with Gasteiger partial charge in [-0.2, -0.15) is 26.3 Å². The van der Waals surface area contributed by atoms with Crippen molar-refractivity contribution in [3.63, 3.8) is 0 Å². The molecule has 0 aromatic carbocycles. The van der Waals surface area contributed by atoms with E-state index >= 15 is 0 Å². The summed E-state index contributed by atoms with van der Waals surface area (Å²) < 4.78 is 71.8. The summed E-state index contributed by atoms with van der Waals surface area (Å²) in [5.41, 5.74) is -0.651. The average Bonchev–Trinajstić information content (AvgIpc) is 2.45. The minimum atomic E-state index is -5.03.